The molecule has 1 aliphatic rings. The molecule has 1 aromatic heterocycles. The maximum absolute atomic E-state index is 12.1. The van der Waals surface area contributed by atoms with E-state index in [9.17, 15) is 4.79 Å². The van der Waals surface area contributed by atoms with Gasteiger partial charge in [-0.05, 0) is 44.2 Å². The lowest BCUT2D eigenvalue weighted by Crippen LogP contribution is -2.13. The predicted octanol–water partition coefficient (Wildman–Crippen LogP) is 4.03. The van der Waals surface area contributed by atoms with Gasteiger partial charge in [-0.1, -0.05) is 29.8 Å². The fourth-order valence-electron chi connectivity index (χ4n) is 2.73. The van der Waals surface area contributed by atoms with Gasteiger partial charge in [-0.15, -0.1) is 0 Å². The third-order valence-electron chi connectivity index (χ3n) is 4.06. The van der Waals surface area contributed by atoms with E-state index in [0.29, 0.717) is 11.5 Å². The van der Waals surface area contributed by atoms with Crippen LogP contribution in [-0.2, 0) is 0 Å². The number of hydrogen-bond donors (Lipinski definition) is 2. The van der Waals surface area contributed by atoms with Crippen LogP contribution in [0.4, 0.5) is 11.6 Å². The van der Waals surface area contributed by atoms with Gasteiger partial charge in [0.15, 0.2) is 0 Å². The molecule has 2 aromatic rings. The first-order valence-corrected chi connectivity index (χ1v) is 8.41. The quantitative estimate of drug-likeness (QED) is 0.788. The topological polar surface area (TPSA) is 66.9 Å². The highest BCUT2D eigenvalue weighted by Gasteiger charge is 2.08. The molecule has 0 saturated heterocycles. The third-order valence-corrected chi connectivity index (χ3v) is 4.06. The first-order valence-electron chi connectivity index (χ1n) is 8.41. The Morgan fingerprint density at radius 3 is 2.58 bits per heavy atom. The molecule has 0 radical (unpaired) electrons. The van der Waals surface area contributed by atoms with Crippen molar-refractivity contribution in [3.63, 3.8) is 0 Å². The molecule has 1 aromatic carbocycles. The number of amides is 1. The SMILES string of the molecule is O=C(Nc1ccccc1)c1cnc(NCCC2=CCCCC2)nc1. The van der Waals surface area contributed by atoms with E-state index in [2.05, 4.69) is 26.7 Å². The van der Waals surface area contributed by atoms with Crippen LogP contribution in [0.3, 0.4) is 0 Å². The van der Waals surface area contributed by atoms with Gasteiger partial charge in [0, 0.05) is 24.6 Å². The van der Waals surface area contributed by atoms with Crippen LogP contribution in [-0.4, -0.2) is 22.4 Å². The van der Waals surface area contributed by atoms with Crippen molar-refractivity contribution in [3.05, 3.63) is 59.9 Å². The number of benzene rings is 1. The molecule has 2 N–H and O–H groups in total. The molecule has 124 valence electrons. The minimum Gasteiger partial charge on any atom is -0.354 e. The Morgan fingerprint density at radius 2 is 1.88 bits per heavy atom. The largest absolute Gasteiger partial charge is 0.354 e. The summed E-state index contributed by atoms with van der Waals surface area (Å²) in [6.45, 7) is 0.821. The Hall–Kier alpha value is -2.69. The van der Waals surface area contributed by atoms with Crippen LogP contribution in [0.25, 0.3) is 0 Å². The number of carbonyl (C=O) groups is 1. The number of allylic oxidation sites excluding steroid dienone is 1. The molecule has 0 unspecified atom stereocenters. The van der Waals surface area contributed by atoms with Gasteiger partial charge in [-0.3, -0.25) is 4.79 Å². The van der Waals surface area contributed by atoms with Gasteiger partial charge in [-0.25, -0.2) is 9.97 Å². The van der Waals surface area contributed by atoms with E-state index in [4.69, 9.17) is 0 Å². The third kappa shape index (κ3) is 4.65. The Bertz CT molecular complexity index is 695. The number of carbonyl (C=O) groups excluding carboxylic acids is 1. The molecule has 1 amide bonds. The zero-order valence-electron chi connectivity index (χ0n) is 13.7. The standard InChI is InChI=1S/C19H22N4O/c24-18(23-17-9-5-2-6-10-17)16-13-21-19(22-14-16)20-12-11-15-7-3-1-4-8-15/h2,5-7,9-10,13-14H,1,3-4,8,11-12H2,(H,23,24)(H,20,21,22). The number of aromatic nitrogens is 2. The number of para-hydroxylation sites is 1. The van der Waals surface area contributed by atoms with Crippen LogP contribution in [0.5, 0.6) is 0 Å². The summed E-state index contributed by atoms with van der Waals surface area (Å²) in [4.78, 5) is 20.6. The van der Waals surface area contributed by atoms with E-state index in [1.807, 2.05) is 30.3 Å². The zero-order chi connectivity index (χ0) is 16.6. The summed E-state index contributed by atoms with van der Waals surface area (Å²) >= 11 is 0. The van der Waals surface area contributed by atoms with Crippen molar-refractivity contribution in [1.29, 1.82) is 0 Å². The number of hydrogen-bond acceptors (Lipinski definition) is 4. The average Bonchev–Trinajstić information content (AvgIpc) is 2.64. The summed E-state index contributed by atoms with van der Waals surface area (Å²) in [6, 6.07) is 9.34. The van der Waals surface area contributed by atoms with Gasteiger partial charge in [-0.2, -0.15) is 0 Å². The molecule has 0 fully saturated rings. The van der Waals surface area contributed by atoms with Crippen LogP contribution in [0.15, 0.2) is 54.4 Å². The molecule has 1 aliphatic carbocycles. The van der Waals surface area contributed by atoms with Gasteiger partial charge in [0.05, 0.1) is 5.56 Å². The summed E-state index contributed by atoms with van der Waals surface area (Å²) in [7, 11) is 0. The van der Waals surface area contributed by atoms with Crippen LogP contribution >= 0.6 is 0 Å². The second-order valence-electron chi connectivity index (χ2n) is 5.90. The maximum atomic E-state index is 12.1. The molecule has 3 rings (SSSR count). The van der Waals surface area contributed by atoms with E-state index in [1.54, 1.807) is 12.4 Å². The van der Waals surface area contributed by atoms with E-state index >= 15 is 0 Å². The van der Waals surface area contributed by atoms with Crippen molar-refractivity contribution in [3.8, 4) is 0 Å². The summed E-state index contributed by atoms with van der Waals surface area (Å²) in [5.74, 6) is 0.350. The minimum atomic E-state index is -0.208. The lowest BCUT2D eigenvalue weighted by molar-refractivity contribution is 0.102. The second kappa shape index (κ2) is 8.24. The normalized spacial score (nSPS) is 13.9. The Balaban J connectivity index is 1.49. The number of rotatable bonds is 6. The van der Waals surface area contributed by atoms with Crippen LogP contribution in [0.2, 0.25) is 0 Å². The molecule has 0 atom stereocenters. The highest BCUT2D eigenvalue weighted by atomic mass is 16.1. The first-order chi connectivity index (χ1) is 11.8. The van der Waals surface area contributed by atoms with Crippen molar-refractivity contribution in [1.82, 2.24) is 9.97 Å². The van der Waals surface area contributed by atoms with E-state index in [1.165, 1.54) is 31.3 Å². The number of anilines is 2. The lowest BCUT2D eigenvalue weighted by Gasteiger charge is -2.12. The van der Waals surface area contributed by atoms with Crippen LogP contribution in [0.1, 0.15) is 42.5 Å². The predicted molar refractivity (Wildman–Crippen MR) is 96.1 cm³/mol. The summed E-state index contributed by atoms with van der Waals surface area (Å²) < 4.78 is 0. The van der Waals surface area contributed by atoms with E-state index < -0.39 is 0 Å². The molecule has 1 heterocycles. The maximum Gasteiger partial charge on any atom is 0.258 e. The van der Waals surface area contributed by atoms with E-state index in [0.717, 1.165) is 18.7 Å². The highest BCUT2D eigenvalue weighted by Crippen LogP contribution is 2.19. The van der Waals surface area contributed by atoms with E-state index in [-0.39, 0.29) is 5.91 Å². The van der Waals surface area contributed by atoms with Gasteiger partial charge >= 0.3 is 0 Å². The Kier molecular flexibility index (Phi) is 5.56. The molecule has 0 bridgehead atoms. The van der Waals surface area contributed by atoms with Gasteiger partial charge in [0.1, 0.15) is 0 Å². The molecule has 5 nitrogen and oxygen atoms in total. The molecule has 0 aliphatic heterocycles. The van der Waals surface area contributed by atoms with Crippen molar-refractivity contribution in [2.45, 2.75) is 32.1 Å². The second-order valence-corrected chi connectivity index (χ2v) is 5.90. The summed E-state index contributed by atoms with van der Waals surface area (Å²) in [6.07, 6.45) is 11.5. The monoisotopic (exact) mass is 322 g/mol. The van der Waals surface area contributed by atoms with Crippen molar-refractivity contribution < 1.29 is 4.79 Å². The van der Waals surface area contributed by atoms with Crippen molar-refractivity contribution in [2.24, 2.45) is 0 Å². The molecule has 0 saturated carbocycles. The molecular formula is C19H22N4O. The zero-order valence-corrected chi connectivity index (χ0v) is 13.7. The van der Waals surface area contributed by atoms with Crippen LogP contribution < -0.4 is 10.6 Å². The molecule has 24 heavy (non-hydrogen) atoms. The van der Waals surface area contributed by atoms with Gasteiger partial charge in [0.25, 0.3) is 5.91 Å². The van der Waals surface area contributed by atoms with Gasteiger partial charge in [0.2, 0.25) is 5.95 Å². The Labute approximate surface area is 142 Å². The average molecular weight is 322 g/mol. The van der Waals surface area contributed by atoms with Crippen molar-refractivity contribution in [2.75, 3.05) is 17.2 Å². The molecule has 5 heteroatoms. The highest BCUT2D eigenvalue weighted by molar-refractivity contribution is 6.03. The van der Waals surface area contributed by atoms with Crippen molar-refractivity contribution >= 4 is 17.5 Å². The smallest absolute Gasteiger partial charge is 0.258 e. The van der Waals surface area contributed by atoms with Crippen LogP contribution in [0, 0.1) is 0 Å². The lowest BCUT2D eigenvalue weighted by atomic mass is 9.97. The number of nitrogens with zero attached hydrogens (tertiary/aromatic N) is 2. The minimum absolute atomic E-state index is 0.208. The fourth-order valence-corrected chi connectivity index (χ4v) is 2.73. The molecular weight excluding hydrogens is 300 g/mol. The Morgan fingerprint density at radius 1 is 1.08 bits per heavy atom. The summed E-state index contributed by atoms with van der Waals surface area (Å²) in [5, 5.41) is 6.03. The fraction of sp³-hybridized carbons (Fsp3) is 0.316. The number of nitrogens with one attached hydrogen (secondary N) is 2. The first kappa shape index (κ1) is 16.2. The molecule has 0 spiro atoms. The van der Waals surface area contributed by atoms with Gasteiger partial charge < -0.3 is 10.6 Å². The summed E-state index contributed by atoms with van der Waals surface area (Å²) in [5.41, 5.74) is 2.72.